The summed E-state index contributed by atoms with van der Waals surface area (Å²) in [6.45, 7) is 0.654. The fraction of sp³-hybridized carbons (Fsp3) is 0.182. The van der Waals surface area contributed by atoms with Gasteiger partial charge in [0.15, 0.2) is 5.96 Å². The molecule has 0 unspecified atom stereocenters. The van der Waals surface area contributed by atoms with Crippen LogP contribution in [-0.2, 0) is 6.54 Å². The van der Waals surface area contributed by atoms with Gasteiger partial charge >= 0.3 is 0 Å². The second kappa shape index (κ2) is 5.11. The number of aliphatic imine (C=N–C) groups is 1. The van der Waals surface area contributed by atoms with E-state index < -0.39 is 0 Å². The lowest BCUT2D eigenvalue weighted by atomic mass is 10.2. The van der Waals surface area contributed by atoms with E-state index in [1.807, 2.05) is 24.3 Å². The Morgan fingerprint density at radius 3 is 2.76 bits per heavy atom. The maximum Gasteiger partial charge on any atom is 0.188 e. The van der Waals surface area contributed by atoms with Crippen LogP contribution in [0, 0.1) is 0 Å². The van der Waals surface area contributed by atoms with Gasteiger partial charge in [-0.3, -0.25) is 4.99 Å². The Morgan fingerprint density at radius 1 is 1.41 bits per heavy atom. The lowest BCUT2D eigenvalue weighted by molar-refractivity contribution is 0.870. The minimum Gasteiger partial charge on any atom is -0.370 e. The summed E-state index contributed by atoms with van der Waals surface area (Å²) in [5.74, 6) is 0.436. The number of nitrogens with two attached hydrogens (primary N) is 1. The van der Waals surface area contributed by atoms with Gasteiger partial charge in [-0.05, 0) is 17.7 Å². The Balaban J connectivity index is 2.03. The van der Waals surface area contributed by atoms with E-state index in [1.165, 1.54) is 6.33 Å². The third-order valence-corrected chi connectivity index (χ3v) is 2.33. The molecule has 1 heterocycles. The number of benzene rings is 1. The molecular formula is C11H14N6. The highest BCUT2D eigenvalue weighted by molar-refractivity contribution is 5.77. The molecule has 1 aromatic carbocycles. The molecule has 17 heavy (non-hydrogen) atoms. The van der Waals surface area contributed by atoms with E-state index in [9.17, 15) is 0 Å². The molecule has 6 nitrogen and oxygen atoms in total. The first-order chi connectivity index (χ1) is 8.29. The maximum absolute atomic E-state index is 5.54. The quantitative estimate of drug-likeness (QED) is 0.587. The van der Waals surface area contributed by atoms with Gasteiger partial charge in [0.25, 0.3) is 0 Å². The zero-order valence-electron chi connectivity index (χ0n) is 9.54. The molecule has 0 amide bonds. The van der Waals surface area contributed by atoms with Gasteiger partial charge in [0.1, 0.15) is 12.7 Å². The Kier molecular flexibility index (Phi) is 3.34. The normalized spacial score (nSPS) is 11.5. The van der Waals surface area contributed by atoms with Crippen LogP contribution in [-0.4, -0.2) is 27.8 Å². The molecule has 0 saturated heterocycles. The number of nitrogens with zero attached hydrogens (tertiary/aromatic N) is 4. The van der Waals surface area contributed by atoms with Crippen molar-refractivity contribution in [3.05, 3.63) is 42.5 Å². The highest BCUT2D eigenvalue weighted by atomic mass is 15.3. The van der Waals surface area contributed by atoms with Crippen LogP contribution in [0.3, 0.4) is 0 Å². The minimum atomic E-state index is 0.436. The van der Waals surface area contributed by atoms with Crippen molar-refractivity contribution in [3.63, 3.8) is 0 Å². The molecule has 0 fully saturated rings. The van der Waals surface area contributed by atoms with Gasteiger partial charge in [-0.15, -0.1) is 0 Å². The Hall–Kier alpha value is -2.37. The van der Waals surface area contributed by atoms with Crippen LogP contribution in [0.4, 0.5) is 0 Å². The van der Waals surface area contributed by atoms with Crippen LogP contribution in [0.1, 0.15) is 5.56 Å². The predicted octanol–water partition coefficient (Wildman–Crippen LogP) is 0.301. The van der Waals surface area contributed by atoms with E-state index in [0.717, 1.165) is 11.3 Å². The molecule has 2 rings (SSSR count). The molecule has 1 aromatic heterocycles. The van der Waals surface area contributed by atoms with Crippen molar-refractivity contribution in [1.29, 1.82) is 0 Å². The van der Waals surface area contributed by atoms with Crippen LogP contribution in [0.25, 0.3) is 5.69 Å². The highest BCUT2D eigenvalue weighted by Gasteiger charge is 1.97. The summed E-state index contributed by atoms with van der Waals surface area (Å²) in [5.41, 5.74) is 7.65. The molecule has 3 N–H and O–H groups in total. The molecule has 2 aromatic rings. The molecular weight excluding hydrogens is 216 g/mol. The number of hydrogen-bond acceptors (Lipinski definition) is 3. The van der Waals surface area contributed by atoms with E-state index in [4.69, 9.17) is 5.73 Å². The Morgan fingerprint density at radius 2 is 2.18 bits per heavy atom. The summed E-state index contributed by atoms with van der Waals surface area (Å²) in [6, 6.07) is 7.97. The van der Waals surface area contributed by atoms with E-state index in [1.54, 1.807) is 18.1 Å². The molecule has 0 aliphatic heterocycles. The molecule has 0 atom stereocenters. The van der Waals surface area contributed by atoms with Crippen molar-refractivity contribution in [2.75, 3.05) is 7.05 Å². The van der Waals surface area contributed by atoms with E-state index in [0.29, 0.717) is 12.5 Å². The smallest absolute Gasteiger partial charge is 0.188 e. The molecule has 0 radical (unpaired) electrons. The van der Waals surface area contributed by atoms with Crippen LogP contribution in [0.15, 0.2) is 41.9 Å². The van der Waals surface area contributed by atoms with E-state index >= 15 is 0 Å². The summed E-state index contributed by atoms with van der Waals surface area (Å²) in [7, 11) is 1.65. The number of rotatable bonds is 3. The Bertz CT molecular complexity index is 485. The van der Waals surface area contributed by atoms with Crippen LogP contribution in [0.5, 0.6) is 0 Å². The van der Waals surface area contributed by atoms with Crippen molar-refractivity contribution < 1.29 is 0 Å². The molecule has 0 spiro atoms. The van der Waals surface area contributed by atoms with Crippen LogP contribution in [0.2, 0.25) is 0 Å². The fourth-order valence-electron chi connectivity index (χ4n) is 1.38. The molecule has 88 valence electrons. The lowest BCUT2D eigenvalue weighted by Crippen LogP contribution is -2.30. The van der Waals surface area contributed by atoms with Crippen molar-refractivity contribution in [2.45, 2.75) is 6.54 Å². The monoisotopic (exact) mass is 230 g/mol. The maximum atomic E-state index is 5.54. The summed E-state index contributed by atoms with van der Waals surface area (Å²) < 4.78 is 1.71. The van der Waals surface area contributed by atoms with Gasteiger partial charge in [-0.2, -0.15) is 5.10 Å². The van der Waals surface area contributed by atoms with Crippen LogP contribution >= 0.6 is 0 Å². The predicted molar refractivity (Wildman–Crippen MR) is 65.7 cm³/mol. The summed E-state index contributed by atoms with van der Waals surface area (Å²) in [5, 5.41) is 7.05. The zero-order chi connectivity index (χ0) is 12.1. The van der Waals surface area contributed by atoms with Crippen molar-refractivity contribution in [3.8, 4) is 5.69 Å². The number of aromatic nitrogens is 3. The average molecular weight is 230 g/mol. The van der Waals surface area contributed by atoms with Gasteiger partial charge < -0.3 is 11.1 Å². The first-order valence-corrected chi connectivity index (χ1v) is 5.19. The van der Waals surface area contributed by atoms with Gasteiger partial charge in [-0.25, -0.2) is 9.67 Å². The van der Waals surface area contributed by atoms with Crippen molar-refractivity contribution in [2.24, 2.45) is 10.7 Å². The fourth-order valence-corrected chi connectivity index (χ4v) is 1.38. The third-order valence-electron chi connectivity index (χ3n) is 2.33. The molecule has 0 aliphatic rings. The third kappa shape index (κ3) is 2.81. The van der Waals surface area contributed by atoms with Crippen LogP contribution < -0.4 is 11.1 Å². The highest BCUT2D eigenvalue weighted by Crippen LogP contribution is 2.07. The molecule has 0 aliphatic carbocycles. The van der Waals surface area contributed by atoms with E-state index in [-0.39, 0.29) is 0 Å². The minimum absolute atomic E-state index is 0.436. The zero-order valence-corrected chi connectivity index (χ0v) is 9.54. The van der Waals surface area contributed by atoms with E-state index in [2.05, 4.69) is 20.4 Å². The molecule has 0 saturated carbocycles. The Labute approximate surface area is 99.2 Å². The van der Waals surface area contributed by atoms with Gasteiger partial charge in [-0.1, -0.05) is 12.1 Å². The number of guanidine groups is 1. The average Bonchev–Trinajstić information content (AvgIpc) is 2.90. The summed E-state index contributed by atoms with van der Waals surface area (Å²) in [6.07, 6.45) is 3.17. The van der Waals surface area contributed by atoms with Crippen molar-refractivity contribution in [1.82, 2.24) is 20.1 Å². The second-order valence-electron chi connectivity index (χ2n) is 3.47. The summed E-state index contributed by atoms with van der Waals surface area (Å²) in [4.78, 5) is 7.72. The lowest BCUT2D eigenvalue weighted by Gasteiger charge is -2.06. The second-order valence-corrected chi connectivity index (χ2v) is 3.47. The largest absolute Gasteiger partial charge is 0.370 e. The molecule has 6 heteroatoms. The van der Waals surface area contributed by atoms with Gasteiger partial charge in [0.2, 0.25) is 0 Å². The standard InChI is InChI=1S/C11H14N6/c1-13-11(12)15-6-9-2-4-10(5-3-9)17-8-14-7-16-17/h2-5,7-8H,6H2,1H3,(H3,12,13,15). The topological polar surface area (TPSA) is 81.1 Å². The van der Waals surface area contributed by atoms with Gasteiger partial charge in [0.05, 0.1) is 5.69 Å². The summed E-state index contributed by atoms with van der Waals surface area (Å²) >= 11 is 0. The first kappa shape index (κ1) is 11.1. The molecule has 0 bridgehead atoms. The van der Waals surface area contributed by atoms with Crippen molar-refractivity contribution >= 4 is 5.96 Å². The number of hydrogen-bond donors (Lipinski definition) is 2. The first-order valence-electron chi connectivity index (χ1n) is 5.19. The SMILES string of the molecule is CN=C(N)NCc1ccc(-n2cncn2)cc1. The number of nitrogens with one attached hydrogen (secondary N) is 1. The van der Waals surface area contributed by atoms with Gasteiger partial charge in [0, 0.05) is 13.6 Å².